The number of halogens is 1. The van der Waals surface area contributed by atoms with Gasteiger partial charge in [-0.25, -0.2) is 4.79 Å². The number of rotatable bonds is 9. The summed E-state index contributed by atoms with van der Waals surface area (Å²) < 4.78 is 11.2. The fourth-order valence-corrected chi connectivity index (χ4v) is 3.35. The lowest BCUT2D eigenvalue weighted by Crippen LogP contribution is -2.28. The molecule has 0 aliphatic heterocycles. The third kappa shape index (κ3) is 6.48. The molecule has 1 N–H and O–H groups in total. The highest BCUT2D eigenvalue weighted by Crippen LogP contribution is 2.24. The number of hydrogen-bond donors (Lipinski definition) is 1. The first-order chi connectivity index (χ1) is 12.6. The van der Waals surface area contributed by atoms with E-state index in [1.165, 1.54) is 11.8 Å². The van der Waals surface area contributed by atoms with Gasteiger partial charge in [0, 0.05) is 28.6 Å². The van der Waals surface area contributed by atoms with E-state index in [1.54, 1.807) is 19.2 Å². The molecule has 0 aromatic heterocycles. The Bertz CT molecular complexity index is 754. The maximum Gasteiger partial charge on any atom is 0.339 e. The predicted octanol–water partition coefficient (Wildman–Crippen LogP) is 3.66. The van der Waals surface area contributed by atoms with E-state index in [2.05, 4.69) is 21.2 Å². The number of ether oxygens (including phenoxy) is 2. The number of nitrogens with one attached hydrogen (secondary N) is 1. The molecule has 7 heteroatoms. The van der Waals surface area contributed by atoms with Crippen LogP contribution >= 0.6 is 27.7 Å². The number of esters is 1. The van der Waals surface area contributed by atoms with Crippen molar-refractivity contribution in [2.45, 2.75) is 11.5 Å². The summed E-state index contributed by atoms with van der Waals surface area (Å²) in [5, 5.41) is 2.75. The molecule has 0 radical (unpaired) electrons. The Morgan fingerprint density at radius 1 is 1.12 bits per heavy atom. The number of benzene rings is 2. The van der Waals surface area contributed by atoms with E-state index in [1.807, 2.05) is 36.4 Å². The van der Waals surface area contributed by atoms with Gasteiger partial charge in [-0.05, 0) is 18.2 Å². The molecule has 0 fully saturated rings. The third-order valence-corrected chi connectivity index (χ3v) is 5.26. The molecule has 0 spiro atoms. The first-order valence-corrected chi connectivity index (χ1v) is 9.77. The zero-order valence-electron chi connectivity index (χ0n) is 14.4. The summed E-state index contributed by atoms with van der Waals surface area (Å²) in [5.41, 5.74) is 1.35. The Balaban J connectivity index is 1.93. The van der Waals surface area contributed by atoms with E-state index >= 15 is 0 Å². The topological polar surface area (TPSA) is 64.6 Å². The molecule has 5 nitrogen and oxygen atoms in total. The zero-order chi connectivity index (χ0) is 18.8. The largest absolute Gasteiger partial charge is 0.457 e. The number of carbonyl (C=O) groups excluding carboxylic acids is 2. The molecule has 1 amide bonds. The van der Waals surface area contributed by atoms with Gasteiger partial charge in [0.05, 0.1) is 17.9 Å². The van der Waals surface area contributed by atoms with Gasteiger partial charge < -0.3 is 14.8 Å². The molecule has 2 aromatic carbocycles. The lowest BCUT2D eigenvalue weighted by molar-refractivity contribution is -0.118. The van der Waals surface area contributed by atoms with Gasteiger partial charge in [0.2, 0.25) is 5.91 Å². The molecule has 2 rings (SSSR count). The molecule has 0 bridgehead atoms. The Morgan fingerprint density at radius 2 is 1.85 bits per heavy atom. The summed E-state index contributed by atoms with van der Waals surface area (Å²) in [4.78, 5) is 25.0. The van der Waals surface area contributed by atoms with E-state index in [-0.39, 0.29) is 18.3 Å². The SMILES string of the molecule is COCCNC(=O)CSc1ccccc1C(=O)OCc1ccccc1Br. The summed E-state index contributed by atoms with van der Waals surface area (Å²) in [7, 11) is 1.58. The average molecular weight is 438 g/mol. The summed E-state index contributed by atoms with van der Waals surface area (Å²) in [6.07, 6.45) is 0. The maximum absolute atomic E-state index is 12.4. The number of amides is 1. The molecular weight excluding hydrogens is 418 g/mol. The lowest BCUT2D eigenvalue weighted by atomic mass is 10.2. The molecule has 0 atom stereocenters. The minimum absolute atomic E-state index is 0.108. The van der Waals surface area contributed by atoms with Crippen LogP contribution in [0.3, 0.4) is 0 Å². The van der Waals surface area contributed by atoms with Crippen LogP contribution in [-0.2, 0) is 20.9 Å². The smallest absolute Gasteiger partial charge is 0.339 e. The quantitative estimate of drug-likeness (QED) is 0.368. The van der Waals surface area contributed by atoms with Crippen LogP contribution in [0.1, 0.15) is 15.9 Å². The maximum atomic E-state index is 12.4. The summed E-state index contributed by atoms with van der Waals surface area (Å²) in [6, 6.07) is 14.7. The summed E-state index contributed by atoms with van der Waals surface area (Å²) in [5.74, 6) is -0.301. The van der Waals surface area contributed by atoms with Crippen LogP contribution in [0.5, 0.6) is 0 Å². The average Bonchev–Trinajstić information content (AvgIpc) is 2.66. The predicted molar refractivity (Wildman–Crippen MR) is 105 cm³/mol. The van der Waals surface area contributed by atoms with Crippen molar-refractivity contribution < 1.29 is 19.1 Å². The molecule has 138 valence electrons. The van der Waals surface area contributed by atoms with Crippen LogP contribution in [0.15, 0.2) is 57.9 Å². The van der Waals surface area contributed by atoms with Crippen LogP contribution in [0.4, 0.5) is 0 Å². The summed E-state index contributed by atoms with van der Waals surface area (Å²) >= 11 is 4.74. The van der Waals surface area contributed by atoms with E-state index in [0.717, 1.165) is 10.0 Å². The minimum Gasteiger partial charge on any atom is -0.457 e. The van der Waals surface area contributed by atoms with Crippen molar-refractivity contribution in [1.82, 2.24) is 5.32 Å². The van der Waals surface area contributed by atoms with Crippen molar-refractivity contribution in [3.63, 3.8) is 0 Å². The molecule has 0 aliphatic rings. The fraction of sp³-hybridized carbons (Fsp3) is 0.263. The van der Waals surface area contributed by atoms with Crippen LogP contribution < -0.4 is 5.32 Å². The third-order valence-electron chi connectivity index (χ3n) is 3.41. The second-order valence-electron chi connectivity index (χ2n) is 5.30. The van der Waals surface area contributed by atoms with Crippen molar-refractivity contribution in [1.29, 1.82) is 0 Å². The second kappa shape index (κ2) is 11.0. The fourth-order valence-electron chi connectivity index (χ4n) is 2.08. The van der Waals surface area contributed by atoms with Crippen molar-refractivity contribution in [2.24, 2.45) is 0 Å². The van der Waals surface area contributed by atoms with Gasteiger partial charge in [-0.1, -0.05) is 46.3 Å². The molecule has 0 unspecified atom stereocenters. The van der Waals surface area contributed by atoms with Gasteiger partial charge in [0.25, 0.3) is 0 Å². The molecule has 2 aromatic rings. The normalized spacial score (nSPS) is 10.4. The highest BCUT2D eigenvalue weighted by molar-refractivity contribution is 9.10. The van der Waals surface area contributed by atoms with Crippen LogP contribution in [0.2, 0.25) is 0 Å². The molecule has 26 heavy (non-hydrogen) atoms. The summed E-state index contributed by atoms with van der Waals surface area (Å²) in [6.45, 7) is 1.11. The van der Waals surface area contributed by atoms with E-state index in [4.69, 9.17) is 9.47 Å². The van der Waals surface area contributed by atoms with Crippen LogP contribution in [0.25, 0.3) is 0 Å². The van der Waals surface area contributed by atoms with Crippen LogP contribution in [-0.4, -0.2) is 37.9 Å². The zero-order valence-corrected chi connectivity index (χ0v) is 16.8. The Hall–Kier alpha value is -1.83. The molecule has 0 aliphatic carbocycles. The first-order valence-electron chi connectivity index (χ1n) is 8.00. The van der Waals surface area contributed by atoms with E-state index in [0.29, 0.717) is 23.6 Å². The van der Waals surface area contributed by atoms with Gasteiger partial charge in [-0.2, -0.15) is 0 Å². The number of hydrogen-bond acceptors (Lipinski definition) is 5. The highest BCUT2D eigenvalue weighted by atomic mass is 79.9. The van der Waals surface area contributed by atoms with E-state index in [9.17, 15) is 9.59 Å². The van der Waals surface area contributed by atoms with Gasteiger partial charge in [-0.3, -0.25) is 4.79 Å². The van der Waals surface area contributed by atoms with Crippen molar-refractivity contribution in [2.75, 3.05) is 26.0 Å². The molecular formula is C19H20BrNO4S. The Morgan fingerprint density at radius 3 is 2.62 bits per heavy atom. The standard InChI is InChI=1S/C19H20BrNO4S/c1-24-11-10-21-18(22)13-26-17-9-5-3-7-15(17)19(23)25-12-14-6-2-4-8-16(14)20/h2-9H,10-13H2,1H3,(H,21,22). The molecule has 0 heterocycles. The molecule has 0 saturated heterocycles. The van der Waals surface area contributed by atoms with Crippen molar-refractivity contribution in [3.05, 3.63) is 64.1 Å². The number of carbonyl (C=O) groups is 2. The van der Waals surface area contributed by atoms with Crippen molar-refractivity contribution >= 4 is 39.6 Å². The Labute approximate surface area is 165 Å². The van der Waals surface area contributed by atoms with Gasteiger partial charge >= 0.3 is 5.97 Å². The highest BCUT2D eigenvalue weighted by Gasteiger charge is 2.14. The van der Waals surface area contributed by atoms with E-state index < -0.39 is 5.97 Å². The monoisotopic (exact) mass is 437 g/mol. The van der Waals surface area contributed by atoms with Gasteiger partial charge in [0.1, 0.15) is 6.61 Å². The van der Waals surface area contributed by atoms with Crippen molar-refractivity contribution in [3.8, 4) is 0 Å². The molecule has 0 saturated carbocycles. The lowest BCUT2D eigenvalue weighted by Gasteiger charge is -2.10. The second-order valence-corrected chi connectivity index (χ2v) is 7.17. The van der Waals surface area contributed by atoms with Crippen LogP contribution in [0, 0.1) is 0 Å². The Kier molecular flexibility index (Phi) is 8.67. The van der Waals surface area contributed by atoms with Gasteiger partial charge in [0.15, 0.2) is 0 Å². The first kappa shape index (κ1) is 20.5. The minimum atomic E-state index is -0.413. The number of thioether (sulfide) groups is 1. The number of methoxy groups -OCH3 is 1. The van der Waals surface area contributed by atoms with Gasteiger partial charge in [-0.15, -0.1) is 11.8 Å².